The predicted molar refractivity (Wildman–Crippen MR) is 59.1 cm³/mol. The molecule has 16 heavy (non-hydrogen) atoms. The minimum atomic E-state index is 0.0753. The summed E-state index contributed by atoms with van der Waals surface area (Å²) in [4.78, 5) is 15.8. The van der Waals surface area contributed by atoms with E-state index in [1.54, 1.807) is 16.9 Å². The van der Waals surface area contributed by atoms with E-state index in [1.807, 2.05) is 13.0 Å². The van der Waals surface area contributed by atoms with E-state index in [-0.39, 0.29) is 11.8 Å². The van der Waals surface area contributed by atoms with Gasteiger partial charge in [0.05, 0.1) is 0 Å². The summed E-state index contributed by atoms with van der Waals surface area (Å²) < 4.78 is 1.68. The van der Waals surface area contributed by atoms with Crippen molar-refractivity contribution in [3.8, 4) is 0 Å². The molecule has 0 spiro atoms. The second-order valence-electron chi connectivity index (χ2n) is 4.17. The molecule has 1 amide bonds. The van der Waals surface area contributed by atoms with Crippen molar-refractivity contribution in [1.29, 1.82) is 0 Å². The van der Waals surface area contributed by atoms with Gasteiger partial charge in [-0.05, 0) is 31.4 Å². The van der Waals surface area contributed by atoms with E-state index >= 15 is 0 Å². The molecule has 0 aromatic carbocycles. The zero-order valence-electron chi connectivity index (χ0n) is 8.97. The molecule has 0 aliphatic heterocycles. The number of fused-ring (bicyclic) bond motifs is 1. The van der Waals surface area contributed by atoms with Crippen LogP contribution < -0.4 is 5.32 Å². The summed E-state index contributed by atoms with van der Waals surface area (Å²) >= 11 is 0. The number of anilines is 1. The first-order chi connectivity index (χ1) is 7.74. The Labute approximate surface area is 92.5 Å². The highest BCUT2D eigenvalue weighted by atomic mass is 16.2. The quantitative estimate of drug-likeness (QED) is 0.825. The number of nitrogens with one attached hydrogen (secondary N) is 1. The van der Waals surface area contributed by atoms with E-state index in [4.69, 9.17) is 0 Å². The molecule has 2 aromatic rings. The molecular formula is C11H12N4O. The Morgan fingerprint density at radius 3 is 3.12 bits per heavy atom. The number of carbonyl (C=O) groups excluding carboxylic acids is 1. The molecule has 0 unspecified atom stereocenters. The van der Waals surface area contributed by atoms with E-state index in [1.165, 1.54) is 0 Å². The maximum absolute atomic E-state index is 11.6. The fourth-order valence-electron chi connectivity index (χ4n) is 1.71. The van der Waals surface area contributed by atoms with Gasteiger partial charge in [-0.1, -0.05) is 0 Å². The molecule has 0 saturated heterocycles. The summed E-state index contributed by atoms with van der Waals surface area (Å²) in [6.07, 6.45) is 5.47. The molecule has 0 atom stereocenters. The van der Waals surface area contributed by atoms with Crippen LogP contribution in [0.4, 0.5) is 5.82 Å². The van der Waals surface area contributed by atoms with Crippen molar-refractivity contribution in [1.82, 2.24) is 14.6 Å². The van der Waals surface area contributed by atoms with Gasteiger partial charge in [-0.3, -0.25) is 4.79 Å². The topological polar surface area (TPSA) is 59.3 Å². The van der Waals surface area contributed by atoms with Crippen LogP contribution in [0.1, 0.15) is 18.4 Å². The van der Waals surface area contributed by atoms with Gasteiger partial charge in [0.25, 0.3) is 0 Å². The molecule has 5 heteroatoms. The van der Waals surface area contributed by atoms with Crippen LogP contribution in [0.5, 0.6) is 0 Å². The lowest BCUT2D eigenvalue weighted by molar-refractivity contribution is -0.117. The third-order valence-corrected chi connectivity index (χ3v) is 2.74. The summed E-state index contributed by atoms with van der Waals surface area (Å²) in [5.41, 5.74) is 1.83. The summed E-state index contributed by atoms with van der Waals surface area (Å²) in [7, 11) is 0. The van der Waals surface area contributed by atoms with Gasteiger partial charge in [-0.15, -0.1) is 5.10 Å². The zero-order valence-corrected chi connectivity index (χ0v) is 8.97. The van der Waals surface area contributed by atoms with Gasteiger partial charge in [-0.25, -0.2) is 9.50 Å². The number of hydrogen-bond acceptors (Lipinski definition) is 3. The average molecular weight is 216 g/mol. The highest BCUT2D eigenvalue weighted by molar-refractivity contribution is 5.93. The van der Waals surface area contributed by atoms with Crippen LogP contribution >= 0.6 is 0 Å². The highest BCUT2D eigenvalue weighted by Crippen LogP contribution is 2.30. The molecule has 1 N–H and O–H groups in total. The lowest BCUT2D eigenvalue weighted by Crippen LogP contribution is -2.15. The number of nitrogens with zero attached hydrogens (tertiary/aromatic N) is 3. The Morgan fingerprint density at radius 2 is 2.38 bits per heavy atom. The molecule has 1 aliphatic rings. The second kappa shape index (κ2) is 3.30. The zero-order chi connectivity index (χ0) is 11.1. The standard InChI is InChI=1S/C11H12N4O/c1-7-6-9(13-11(16)8-2-3-8)14-15-5-4-12-10(7)15/h4-6,8H,2-3H2,1H3,(H,13,14,16). The van der Waals surface area contributed by atoms with Crippen molar-refractivity contribution in [2.45, 2.75) is 19.8 Å². The monoisotopic (exact) mass is 216 g/mol. The van der Waals surface area contributed by atoms with Gasteiger partial charge in [0.15, 0.2) is 11.5 Å². The van der Waals surface area contributed by atoms with E-state index in [0.717, 1.165) is 24.1 Å². The van der Waals surface area contributed by atoms with Gasteiger partial charge < -0.3 is 5.32 Å². The lowest BCUT2D eigenvalue weighted by atomic mass is 10.3. The van der Waals surface area contributed by atoms with E-state index in [2.05, 4.69) is 15.4 Å². The molecule has 0 radical (unpaired) electrons. The van der Waals surface area contributed by atoms with Crippen LogP contribution in [0.3, 0.4) is 0 Å². The maximum Gasteiger partial charge on any atom is 0.228 e. The van der Waals surface area contributed by atoms with Crippen LogP contribution in [0.15, 0.2) is 18.5 Å². The Kier molecular flexibility index (Phi) is 1.92. The van der Waals surface area contributed by atoms with E-state index < -0.39 is 0 Å². The van der Waals surface area contributed by atoms with Crippen molar-refractivity contribution in [3.63, 3.8) is 0 Å². The van der Waals surface area contributed by atoms with E-state index in [9.17, 15) is 4.79 Å². The number of aromatic nitrogens is 3. The minimum absolute atomic E-state index is 0.0753. The fraction of sp³-hybridized carbons (Fsp3) is 0.364. The number of imidazole rings is 1. The van der Waals surface area contributed by atoms with Crippen LogP contribution in [0.2, 0.25) is 0 Å². The van der Waals surface area contributed by atoms with Crippen molar-refractivity contribution in [2.24, 2.45) is 5.92 Å². The summed E-state index contributed by atoms with van der Waals surface area (Å²) in [5.74, 6) is 0.867. The fourth-order valence-corrected chi connectivity index (χ4v) is 1.71. The molecule has 3 rings (SSSR count). The van der Waals surface area contributed by atoms with Crippen molar-refractivity contribution < 1.29 is 4.79 Å². The van der Waals surface area contributed by atoms with Crippen molar-refractivity contribution in [2.75, 3.05) is 5.32 Å². The summed E-state index contributed by atoms with van der Waals surface area (Å²) in [6.45, 7) is 1.96. The first-order valence-corrected chi connectivity index (χ1v) is 5.36. The molecule has 1 fully saturated rings. The summed E-state index contributed by atoms with van der Waals surface area (Å²) in [5, 5.41) is 7.10. The first-order valence-electron chi connectivity index (χ1n) is 5.36. The highest BCUT2D eigenvalue weighted by Gasteiger charge is 2.29. The molecule has 1 aliphatic carbocycles. The van der Waals surface area contributed by atoms with Crippen LogP contribution in [-0.2, 0) is 4.79 Å². The Bertz CT molecular complexity index is 556. The van der Waals surface area contributed by atoms with Gasteiger partial charge in [0.2, 0.25) is 5.91 Å². The second-order valence-corrected chi connectivity index (χ2v) is 4.17. The van der Waals surface area contributed by atoms with Crippen molar-refractivity contribution >= 4 is 17.4 Å². The van der Waals surface area contributed by atoms with Gasteiger partial charge in [0, 0.05) is 18.3 Å². The number of aryl methyl sites for hydroxylation is 1. The minimum Gasteiger partial charge on any atom is -0.309 e. The van der Waals surface area contributed by atoms with E-state index in [0.29, 0.717) is 5.82 Å². The molecule has 0 bridgehead atoms. The molecule has 1 saturated carbocycles. The smallest absolute Gasteiger partial charge is 0.228 e. The van der Waals surface area contributed by atoms with Gasteiger partial charge in [-0.2, -0.15) is 0 Å². The van der Waals surface area contributed by atoms with Crippen molar-refractivity contribution in [3.05, 3.63) is 24.0 Å². The first kappa shape index (κ1) is 9.33. The largest absolute Gasteiger partial charge is 0.309 e. The Balaban J connectivity index is 1.94. The van der Waals surface area contributed by atoms with Gasteiger partial charge >= 0.3 is 0 Å². The molecule has 82 valence electrons. The van der Waals surface area contributed by atoms with Crippen LogP contribution in [0.25, 0.3) is 5.65 Å². The SMILES string of the molecule is Cc1cc(NC(=O)C2CC2)nn2ccnc12. The summed E-state index contributed by atoms with van der Waals surface area (Å²) in [6, 6.07) is 1.85. The third-order valence-electron chi connectivity index (χ3n) is 2.74. The lowest BCUT2D eigenvalue weighted by Gasteiger charge is -2.05. The Hall–Kier alpha value is -1.91. The predicted octanol–water partition coefficient (Wildman–Crippen LogP) is 1.39. The molecular weight excluding hydrogens is 204 g/mol. The number of rotatable bonds is 2. The van der Waals surface area contributed by atoms with Crippen LogP contribution in [-0.4, -0.2) is 20.5 Å². The number of amides is 1. The molecule has 5 nitrogen and oxygen atoms in total. The van der Waals surface area contributed by atoms with Crippen LogP contribution in [0, 0.1) is 12.8 Å². The number of hydrogen-bond donors (Lipinski definition) is 1. The molecule has 2 aromatic heterocycles. The molecule has 2 heterocycles. The Morgan fingerprint density at radius 1 is 1.56 bits per heavy atom. The third kappa shape index (κ3) is 1.54. The van der Waals surface area contributed by atoms with Gasteiger partial charge in [0.1, 0.15) is 0 Å². The normalized spacial score (nSPS) is 15.3. The average Bonchev–Trinajstić information content (AvgIpc) is 2.98. The number of carbonyl (C=O) groups is 1. The maximum atomic E-state index is 11.6.